The quantitative estimate of drug-likeness (QED) is 0.835. The van der Waals surface area contributed by atoms with Gasteiger partial charge in [0.05, 0.1) is 0 Å². The highest BCUT2D eigenvalue weighted by molar-refractivity contribution is 5.39. The molecule has 1 fully saturated rings. The van der Waals surface area contributed by atoms with Gasteiger partial charge in [-0.15, -0.1) is 0 Å². The third-order valence-electron chi connectivity index (χ3n) is 4.44. The SMILES string of the molecule is Cc1nc(N2CCN(Cc3ccc(N)cc3)CC2)[nH]c(=O)c1C. The van der Waals surface area contributed by atoms with Crippen LogP contribution in [-0.2, 0) is 6.54 Å². The fourth-order valence-electron chi connectivity index (χ4n) is 2.78. The fraction of sp³-hybridized carbons (Fsp3) is 0.412. The number of nitrogen functional groups attached to an aromatic ring is 1. The number of nitrogens with one attached hydrogen (secondary N) is 1. The van der Waals surface area contributed by atoms with Crippen molar-refractivity contribution in [3.63, 3.8) is 0 Å². The third-order valence-corrected chi connectivity index (χ3v) is 4.44. The maximum absolute atomic E-state index is 11.9. The molecule has 23 heavy (non-hydrogen) atoms. The van der Waals surface area contributed by atoms with E-state index in [0.29, 0.717) is 11.5 Å². The van der Waals surface area contributed by atoms with E-state index < -0.39 is 0 Å². The van der Waals surface area contributed by atoms with Crippen LogP contribution in [0.25, 0.3) is 0 Å². The van der Waals surface area contributed by atoms with E-state index in [9.17, 15) is 4.79 Å². The maximum atomic E-state index is 11.9. The predicted octanol–water partition coefficient (Wildman–Crippen LogP) is 1.29. The van der Waals surface area contributed by atoms with Gasteiger partial charge in [-0.05, 0) is 31.5 Å². The summed E-state index contributed by atoms with van der Waals surface area (Å²) in [6.07, 6.45) is 0. The molecule has 3 N–H and O–H groups in total. The van der Waals surface area contributed by atoms with Gasteiger partial charge in [0.15, 0.2) is 0 Å². The highest BCUT2D eigenvalue weighted by Crippen LogP contribution is 2.14. The van der Waals surface area contributed by atoms with Crippen molar-refractivity contribution in [3.05, 3.63) is 51.4 Å². The largest absolute Gasteiger partial charge is 0.399 e. The summed E-state index contributed by atoms with van der Waals surface area (Å²) in [5.74, 6) is 0.685. The summed E-state index contributed by atoms with van der Waals surface area (Å²) in [7, 11) is 0. The molecule has 3 rings (SSSR count). The molecule has 1 aromatic carbocycles. The molecule has 2 aromatic rings. The van der Waals surface area contributed by atoms with Crippen LogP contribution in [0.15, 0.2) is 29.1 Å². The predicted molar refractivity (Wildman–Crippen MR) is 92.7 cm³/mol. The van der Waals surface area contributed by atoms with Gasteiger partial charge >= 0.3 is 0 Å². The van der Waals surface area contributed by atoms with Gasteiger partial charge in [-0.25, -0.2) is 4.98 Å². The summed E-state index contributed by atoms with van der Waals surface area (Å²) in [6, 6.07) is 8.03. The molecule has 0 amide bonds. The number of H-pyrrole nitrogens is 1. The number of hydrogen-bond donors (Lipinski definition) is 2. The fourth-order valence-corrected chi connectivity index (χ4v) is 2.78. The minimum Gasteiger partial charge on any atom is -0.399 e. The molecule has 0 atom stereocenters. The highest BCUT2D eigenvalue weighted by Gasteiger charge is 2.19. The highest BCUT2D eigenvalue weighted by atomic mass is 16.1. The maximum Gasteiger partial charge on any atom is 0.255 e. The standard InChI is InChI=1S/C17H23N5O/c1-12-13(2)19-17(20-16(12)23)22-9-7-21(8-10-22)11-14-3-5-15(18)6-4-14/h3-6H,7-11,18H2,1-2H3,(H,19,20,23). The number of aromatic nitrogens is 2. The number of benzene rings is 1. The van der Waals surface area contributed by atoms with Gasteiger partial charge in [0.2, 0.25) is 5.95 Å². The van der Waals surface area contributed by atoms with E-state index in [1.54, 1.807) is 6.92 Å². The van der Waals surface area contributed by atoms with E-state index >= 15 is 0 Å². The van der Waals surface area contributed by atoms with Gasteiger partial charge in [-0.2, -0.15) is 0 Å². The molecule has 2 heterocycles. The molecule has 1 aliphatic rings. The summed E-state index contributed by atoms with van der Waals surface area (Å²) in [4.78, 5) is 23.8. The average Bonchev–Trinajstić information content (AvgIpc) is 2.55. The van der Waals surface area contributed by atoms with Crippen molar-refractivity contribution in [3.8, 4) is 0 Å². The first-order chi connectivity index (χ1) is 11.0. The molecular weight excluding hydrogens is 290 g/mol. The first-order valence-electron chi connectivity index (χ1n) is 7.92. The van der Waals surface area contributed by atoms with Gasteiger partial charge in [-0.3, -0.25) is 14.7 Å². The molecule has 1 saturated heterocycles. The van der Waals surface area contributed by atoms with Crippen LogP contribution in [-0.4, -0.2) is 41.0 Å². The van der Waals surface area contributed by atoms with Crippen molar-refractivity contribution >= 4 is 11.6 Å². The van der Waals surface area contributed by atoms with Gasteiger partial charge in [-0.1, -0.05) is 12.1 Å². The van der Waals surface area contributed by atoms with E-state index in [1.807, 2.05) is 19.1 Å². The minimum absolute atomic E-state index is 0.0446. The van der Waals surface area contributed by atoms with Crippen molar-refractivity contribution in [2.24, 2.45) is 0 Å². The molecule has 122 valence electrons. The first-order valence-corrected chi connectivity index (χ1v) is 7.92. The zero-order chi connectivity index (χ0) is 16.4. The van der Waals surface area contributed by atoms with E-state index in [4.69, 9.17) is 5.73 Å². The molecule has 0 bridgehead atoms. The molecule has 0 aliphatic carbocycles. The lowest BCUT2D eigenvalue weighted by Gasteiger charge is -2.35. The Bertz CT molecular complexity index is 730. The van der Waals surface area contributed by atoms with Crippen LogP contribution in [0.5, 0.6) is 0 Å². The lowest BCUT2D eigenvalue weighted by Crippen LogP contribution is -2.47. The summed E-state index contributed by atoms with van der Waals surface area (Å²) in [5, 5.41) is 0. The summed E-state index contributed by atoms with van der Waals surface area (Å²) in [5.41, 5.74) is 9.23. The van der Waals surface area contributed by atoms with Crippen LogP contribution in [0.3, 0.4) is 0 Å². The van der Waals surface area contributed by atoms with Crippen molar-refractivity contribution in [1.29, 1.82) is 0 Å². The van der Waals surface area contributed by atoms with Crippen LogP contribution < -0.4 is 16.2 Å². The molecule has 1 aliphatic heterocycles. The molecular formula is C17H23N5O. The number of nitrogens with zero attached hydrogens (tertiary/aromatic N) is 3. The Morgan fingerprint density at radius 1 is 1.13 bits per heavy atom. The Hall–Kier alpha value is -2.34. The van der Waals surface area contributed by atoms with Crippen molar-refractivity contribution in [2.45, 2.75) is 20.4 Å². The van der Waals surface area contributed by atoms with Gasteiger partial charge < -0.3 is 10.6 Å². The normalized spacial score (nSPS) is 15.8. The second-order valence-electron chi connectivity index (χ2n) is 6.10. The lowest BCUT2D eigenvalue weighted by atomic mass is 10.2. The lowest BCUT2D eigenvalue weighted by molar-refractivity contribution is 0.248. The molecule has 1 aromatic heterocycles. The van der Waals surface area contributed by atoms with Crippen molar-refractivity contribution in [2.75, 3.05) is 36.8 Å². The van der Waals surface area contributed by atoms with Crippen molar-refractivity contribution < 1.29 is 0 Å². The van der Waals surface area contributed by atoms with Crippen LogP contribution in [0.2, 0.25) is 0 Å². The van der Waals surface area contributed by atoms with E-state index in [2.05, 4.69) is 31.9 Å². The summed E-state index contributed by atoms with van der Waals surface area (Å²) < 4.78 is 0. The molecule has 6 heteroatoms. The van der Waals surface area contributed by atoms with Crippen molar-refractivity contribution in [1.82, 2.24) is 14.9 Å². The number of rotatable bonds is 3. The second kappa shape index (κ2) is 6.42. The number of aryl methyl sites for hydroxylation is 1. The Balaban J connectivity index is 1.62. The third kappa shape index (κ3) is 3.53. The zero-order valence-electron chi connectivity index (χ0n) is 13.7. The molecule has 0 unspecified atom stereocenters. The van der Waals surface area contributed by atoms with E-state index in [0.717, 1.165) is 44.1 Å². The molecule has 6 nitrogen and oxygen atoms in total. The number of hydrogen-bond acceptors (Lipinski definition) is 5. The number of piperazine rings is 1. The number of nitrogens with two attached hydrogens (primary N) is 1. The Morgan fingerprint density at radius 3 is 2.39 bits per heavy atom. The second-order valence-corrected chi connectivity index (χ2v) is 6.10. The Kier molecular flexibility index (Phi) is 4.34. The average molecular weight is 313 g/mol. The Labute approximate surface area is 135 Å². The van der Waals surface area contributed by atoms with Gasteiger partial charge in [0.25, 0.3) is 5.56 Å². The summed E-state index contributed by atoms with van der Waals surface area (Å²) in [6.45, 7) is 8.22. The van der Waals surface area contributed by atoms with E-state index in [1.165, 1.54) is 5.56 Å². The van der Waals surface area contributed by atoms with Crippen LogP contribution in [0, 0.1) is 13.8 Å². The van der Waals surface area contributed by atoms with Gasteiger partial charge in [0.1, 0.15) is 0 Å². The monoisotopic (exact) mass is 313 g/mol. The van der Waals surface area contributed by atoms with Gasteiger partial charge in [0, 0.05) is 49.7 Å². The topological polar surface area (TPSA) is 78.2 Å². The minimum atomic E-state index is -0.0446. The zero-order valence-corrected chi connectivity index (χ0v) is 13.7. The first kappa shape index (κ1) is 15.6. The van der Waals surface area contributed by atoms with Crippen LogP contribution in [0.4, 0.5) is 11.6 Å². The van der Waals surface area contributed by atoms with E-state index in [-0.39, 0.29) is 5.56 Å². The molecule has 0 radical (unpaired) electrons. The smallest absolute Gasteiger partial charge is 0.255 e. The Morgan fingerprint density at radius 2 is 1.78 bits per heavy atom. The number of anilines is 2. The summed E-state index contributed by atoms with van der Waals surface area (Å²) >= 11 is 0. The number of aromatic amines is 1. The van der Waals surface area contributed by atoms with Crippen LogP contribution >= 0.6 is 0 Å². The molecule has 0 spiro atoms. The molecule has 0 saturated carbocycles. The van der Waals surface area contributed by atoms with Crippen LogP contribution in [0.1, 0.15) is 16.8 Å².